The van der Waals surface area contributed by atoms with E-state index < -0.39 is 124 Å². The number of hydrogen-bond acceptors (Lipinski definition) is 18. The second-order valence-electron chi connectivity index (χ2n) is 32.4. The van der Waals surface area contributed by atoms with Crippen LogP contribution in [0.2, 0.25) is 0 Å². The highest BCUT2D eigenvalue weighted by molar-refractivity contribution is 5.76. The molecule has 636 valence electrons. The van der Waals surface area contributed by atoms with Gasteiger partial charge in [-0.1, -0.05) is 378 Å². The molecule has 0 aromatic rings. The largest absolute Gasteiger partial charge is 0.394 e. The number of nitrogens with one attached hydrogen (secondary N) is 1. The monoisotopic (exact) mass is 1540 g/mol. The van der Waals surface area contributed by atoms with Crippen molar-refractivity contribution in [3.8, 4) is 0 Å². The van der Waals surface area contributed by atoms with Gasteiger partial charge in [0, 0.05) is 6.42 Å². The number of aliphatic hydroxyl groups is 11. The second kappa shape index (κ2) is 69.3. The molecule has 0 saturated carbocycles. The van der Waals surface area contributed by atoms with Crippen LogP contribution in [0.5, 0.6) is 0 Å². The summed E-state index contributed by atoms with van der Waals surface area (Å²) >= 11 is 0. The van der Waals surface area contributed by atoms with Crippen molar-refractivity contribution >= 4 is 5.91 Å². The summed E-state index contributed by atoms with van der Waals surface area (Å²) in [5, 5.41) is 121. The summed E-state index contributed by atoms with van der Waals surface area (Å²) in [4.78, 5) is 13.5. The number of amides is 1. The Balaban J connectivity index is 1.32. The summed E-state index contributed by atoms with van der Waals surface area (Å²) in [6.07, 6.45) is 61.8. The quantitative estimate of drug-likeness (QED) is 0.0199. The first-order valence-electron chi connectivity index (χ1n) is 45.2. The number of aliphatic hydroxyl groups excluding tert-OH is 11. The summed E-state index contributed by atoms with van der Waals surface area (Å²) < 4.78 is 34.5. The zero-order valence-electron chi connectivity index (χ0n) is 68.6. The van der Waals surface area contributed by atoms with Crippen molar-refractivity contribution in [2.24, 2.45) is 0 Å². The van der Waals surface area contributed by atoms with E-state index in [1.807, 2.05) is 6.08 Å². The van der Waals surface area contributed by atoms with Gasteiger partial charge in [-0.3, -0.25) is 4.79 Å². The molecule has 1 amide bonds. The van der Waals surface area contributed by atoms with Gasteiger partial charge in [0.25, 0.3) is 0 Å². The molecule has 0 bridgehead atoms. The molecule has 12 N–H and O–H groups in total. The molecule has 17 unspecified atom stereocenters. The first-order valence-corrected chi connectivity index (χ1v) is 45.2. The van der Waals surface area contributed by atoms with Gasteiger partial charge in [-0.25, -0.2) is 0 Å². The third-order valence-electron chi connectivity index (χ3n) is 22.7. The molecule has 0 aliphatic carbocycles. The summed E-state index contributed by atoms with van der Waals surface area (Å²) in [6.45, 7) is 1.78. The predicted molar refractivity (Wildman–Crippen MR) is 434 cm³/mol. The zero-order valence-corrected chi connectivity index (χ0v) is 68.6. The van der Waals surface area contributed by atoms with Gasteiger partial charge in [-0.2, -0.15) is 0 Å². The molecule has 19 heteroatoms. The summed E-state index contributed by atoms with van der Waals surface area (Å²) in [6, 6.07) is -0.997. The standard InChI is InChI=1S/C89H167NO18/c1-3-5-7-9-11-13-15-17-19-21-23-25-27-29-31-32-33-34-35-36-37-38-39-40-41-43-45-47-49-51-53-55-57-59-61-63-65-67-77(95)90-72(73(94)66-64-62-60-58-56-54-52-50-48-46-44-42-30-28-26-24-22-20-18-16-14-12-10-8-6-4-2)71-103-87-83(101)80(98)85(75(69-92)105-87)108-89-84(102)81(99)86(76(70-93)106-89)107-88-82(100)79(97)78(96)74(68-91)104-88/h48,50,56,58,64,66,72-76,78-89,91-94,96-102H,3-47,49,51-55,57,59-63,65,67-71H2,1-2H3,(H,90,95)/b50-48+,58-56+,66-64+. The van der Waals surface area contributed by atoms with Gasteiger partial charge >= 0.3 is 0 Å². The Morgan fingerprint density at radius 1 is 0.324 bits per heavy atom. The third-order valence-corrected chi connectivity index (χ3v) is 22.7. The first-order chi connectivity index (χ1) is 52.8. The fourth-order valence-electron chi connectivity index (χ4n) is 15.5. The molecule has 19 nitrogen and oxygen atoms in total. The molecule has 0 spiro atoms. The van der Waals surface area contributed by atoms with Crippen LogP contribution in [0.15, 0.2) is 36.5 Å². The molecule has 3 rings (SSSR count). The van der Waals surface area contributed by atoms with Gasteiger partial charge in [0.2, 0.25) is 5.91 Å². The van der Waals surface area contributed by atoms with Crippen LogP contribution >= 0.6 is 0 Å². The number of unbranched alkanes of at least 4 members (excludes halogenated alkanes) is 54. The molecule has 0 radical (unpaired) electrons. The lowest BCUT2D eigenvalue weighted by atomic mass is 9.96. The Morgan fingerprint density at radius 3 is 0.926 bits per heavy atom. The number of ether oxygens (including phenoxy) is 6. The van der Waals surface area contributed by atoms with Crippen LogP contribution in [0, 0.1) is 0 Å². The fourth-order valence-corrected chi connectivity index (χ4v) is 15.5. The minimum atomic E-state index is -1.98. The van der Waals surface area contributed by atoms with E-state index in [0.717, 1.165) is 44.9 Å². The highest BCUT2D eigenvalue weighted by Gasteiger charge is 2.54. The van der Waals surface area contributed by atoms with Crippen molar-refractivity contribution in [3.05, 3.63) is 36.5 Å². The summed E-state index contributed by atoms with van der Waals surface area (Å²) in [5.41, 5.74) is 0. The SMILES string of the molecule is CCCCCCCCCCCCCCCCCC/C=C/CC/C=C/CC/C=C/C(O)C(COC1OC(CO)C(OC2OC(CO)C(OC3OC(CO)C(O)C(O)C3O)C(O)C2O)C(O)C1O)NC(=O)CCCCCCCCCCCCCCCCCCCCCCCCCCCCCCCCCCCCCCC. The van der Waals surface area contributed by atoms with E-state index in [1.165, 1.54) is 315 Å². The minimum absolute atomic E-state index is 0.237. The van der Waals surface area contributed by atoms with Crippen LogP contribution in [0.1, 0.15) is 393 Å². The zero-order chi connectivity index (χ0) is 78.1. The molecular formula is C89H167NO18. The third kappa shape index (κ3) is 47.8. The van der Waals surface area contributed by atoms with Crippen LogP contribution in [-0.4, -0.2) is 193 Å². The highest BCUT2D eigenvalue weighted by atomic mass is 16.8. The van der Waals surface area contributed by atoms with Crippen molar-refractivity contribution in [1.29, 1.82) is 0 Å². The van der Waals surface area contributed by atoms with Crippen LogP contribution in [-0.2, 0) is 33.2 Å². The van der Waals surface area contributed by atoms with Crippen LogP contribution < -0.4 is 5.32 Å². The maximum absolute atomic E-state index is 13.5. The number of allylic oxidation sites excluding steroid dienone is 5. The highest BCUT2D eigenvalue weighted by Crippen LogP contribution is 2.34. The van der Waals surface area contributed by atoms with E-state index in [-0.39, 0.29) is 18.9 Å². The summed E-state index contributed by atoms with van der Waals surface area (Å²) in [5.74, 6) is -0.281. The number of carbonyl (C=O) groups is 1. The smallest absolute Gasteiger partial charge is 0.220 e. The maximum Gasteiger partial charge on any atom is 0.220 e. The number of rotatable bonds is 74. The lowest BCUT2D eigenvalue weighted by molar-refractivity contribution is -0.379. The Bertz CT molecular complexity index is 2090. The molecule has 3 heterocycles. The molecular weight excluding hydrogens is 1370 g/mol. The molecule has 3 saturated heterocycles. The first kappa shape index (κ1) is 100. The second-order valence-corrected chi connectivity index (χ2v) is 32.4. The molecule has 3 fully saturated rings. The van der Waals surface area contributed by atoms with E-state index in [2.05, 4.69) is 43.5 Å². The Kier molecular flexibility index (Phi) is 64.3. The van der Waals surface area contributed by atoms with Crippen LogP contribution in [0.25, 0.3) is 0 Å². The van der Waals surface area contributed by atoms with Crippen molar-refractivity contribution in [3.63, 3.8) is 0 Å². The Labute approximate surface area is 657 Å². The molecule has 3 aliphatic heterocycles. The molecule has 108 heavy (non-hydrogen) atoms. The molecule has 17 atom stereocenters. The van der Waals surface area contributed by atoms with Crippen molar-refractivity contribution in [2.45, 2.75) is 497 Å². The fraction of sp³-hybridized carbons (Fsp3) is 0.921. The van der Waals surface area contributed by atoms with Gasteiger partial charge in [0.15, 0.2) is 18.9 Å². The van der Waals surface area contributed by atoms with E-state index >= 15 is 0 Å². The van der Waals surface area contributed by atoms with E-state index in [1.54, 1.807) is 6.08 Å². The normalized spacial score (nSPS) is 25.5. The minimum Gasteiger partial charge on any atom is -0.394 e. The molecule has 3 aliphatic rings. The van der Waals surface area contributed by atoms with Crippen molar-refractivity contribution in [2.75, 3.05) is 26.4 Å². The lowest BCUT2D eigenvalue weighted by Gasteiger charge is -2.48. The lowest BCUT2D eigenvalue weighted by Crippen LogP contribution is -2.66. The number of carbonyl (C=O) groups excluding carboxylic acids is 1. The van der Waals surface area contributed by atoms with Gasteiger partial charge in [0.1, 0.15) is 73.2 Å². The van der Waals surface area contributed by atoms with Gasteiger partial charge in [0.05, 0.1) is 38.6 Å². The van der Waals surface area contributed by atoms with Gasteiger partial charge in [-0.05, 0) is 44.9 Å². The molecule has 0 aromatic heterocycles. The van der Waals surface area contributed by atoms with Gasteiger partial charge in [-0.15, -0.1) is 0 Å². The average Bonchev–Trinajstić information content (AvgIpc) is 0.779. The number of hydrogen-bond donors (Lipinski definition) is 12. The predicted octanol–water partition coefficient (Wildman–Crippen LogP) is 17.0. The Hall–Kier alpha value is -1.99. The van der Waals surface area contributed by atoms with Crippen LogP contribution in [0.3, 0.4) is 0 Å². The summed E-state index contributed by atoms with van der Waals surface area (Å²) in [7, 11) is 0. The van der Waals surface area contributed by atoms with E-state index in [0.29, 0.717) is 12.8 Å². The van der Waals surface area contributed by atoms with Gasteiger partial charge < -0.3 is 89.9 Å². The Morgan fingerprint density at radius 2 is 0.593 bits per heavy atom. The average molecular weight is 1540 g/mol. The van der Waals surface area contributed by atoms with Crippen molar-refractivity contribution in [1.82, 2.24) is 5.32 Å². The topological polar surface area (TPSA) is 307 Å². The molecule has 0 aromatic carbocycles. The van der Waals surface area contributed by atoms with E-state index in [9.17, 15) is 61.0 Å². The van der Waals surface area contributed by atoms with E-state index in [4.69, 9.17) is 28.4 Å². The van der Waals surface area contributed by atoms with Crippen molar-refractivity contribution < 1.29 is 89.4 Å². The maximum atomic E-state index is 13.5. The van der Waals surface area contributed by atoms with Crippen LogP contribution in [0.4, 0.5) is 0 Å².